The highest BCUT2D eigenvalue weighted by molar-refractivity contribution is 6.30. The predicted molar refractivity (Wildman–Crippen MR) is 146 cm³/mol. The molecule has 12 heteroatoms. The van der Waals surface area contributed by atoms with Crippen LogP contribution in [0, 0.1) is 5.82 Å². The largest absolute Gasteiger partial charge is 0.477 e. The molecule has 0 bridgehead atoms. The lowest BCUT2D eigenvalue weighted by Gasteiger charge is -2.27. The molecule has 1 aliphatic heterocycles. The fraction of sp³-hybridized carbons (Fsp3) is 0.207. The molecule has 1 N–H and O–H groups in total. The minimum absolute atomic E-state index is 0.000124. The molecule has 0 aliphatic carbocycles. The number of hydrogen-bond acceptors (Lipinski definition) is 8. The minimum Gasteiger partial charge on any atom is -0.477 e. The van der Waals surface area contributed by atoms with E-state index in [2.05, 4.69) is 19.9 Å². The van der Waals surface area contributed by atoms with E-state index in [9.17, 15) is 14.3 Å². The summed E-state index contributed by atoms with van der Waals surface area (Å²) in [6.07, 6.45) is 2.50. The second-order valence-corrected chi connectivity index (χ2v) is 9.76. The second kappa shape index (κ2) is 11.5. The zero-order valence-corrected chi connectivity index (χ0v) is 22.3. The second-order valence-electron chi connectivity index (χ2n) is 9.32. The highest BCUT2D eigenvalue weighted by atomic mass is 35.5. The van der Waals surface area contributed by atoms with Gasteiger partial charge in [-0.05, 0) is 42.8 Å². The molecule has 1 atom stereocenters. The quantitative estimate of drug-likeness (QED) is 0.235. The highest BCUT2D eigenvalue weighted by Gasteiger charge is 2.23. The third-order valence-corrected chi connectivity index (χ3v) is 6.80. The van der Waals surface area contributed by atoms with Crippen LogP contribution in [0.2, 0.25) is 5.02 Å². The van der Waals surface area contributed by atoms with Crippen molar-refractivity contribution in [1.82, 2.24) is 24.5 Å². The van der Waals surface area contributed by atoms with Gasteiger partial charge in [0.25, 0.3) is 0 Å². The fourth-order valence-electron chi connectivity index (χ4n) is 4.33. The summed E-state index contributed by atoms with van der Waals surface area (Å²) in [6, 6.07) is 16.3. The molecule has 1 aromatic carbocycles. The summed E-state index contributed by atoms with van der Waals surface area (Å²) in [6.45, 7) is 1.24. The van der Waals surface area contributed by atoms with Gasteiger partial charge in [-0.2, -0.15) is 0 Å². The van der Waals surface area contributed by atoms with Crippen LogP contribution >= 0.6 is 11.6 Å². The van der Waals surface area contributed by atoms with Gasteiger partial charge in [0.15, 0.2) is 11.3 Å². The van der Waals surface area contributed by atoms with Gasteiger partial charge in [0.1, 0.15) is 30.4 Å². The molecular weight excluding hydrogens is 553 g/mol. The Labute approximate surface area is 238 Å². The number of aromatic carboxylic acids is 1. The number of fused-ring (bicyclic) bond motifs is 1. The predicted octanol–water partition coefficient (Wildman–Crippen LogP) is 5.33. The maximum atomic E-state index is 14.1. The van der Waals surface area contributed by atoms with Crippen molar-refractivity contribution in [3.05, 3.63) is 94.8 Å². The summed E-state index contributed by atoms with van der Waals surface area (Å²) in [5, 5.41) is 9.71. The third kappa shape index (κ3) is 5.96. The van der Waals surface area contributed by atoms with Gasteiger partial charge in [-0.1, -0.05) is 23.7 Å². The van der Waals surface area contributed by atoms with Crippen LogP contribution in [0.1, 0.15) is 28.3 Å². The molecule has 6 rings (SSSR count). The van der Waals surface area contributed by atoms with E-state index in [1.165, 1.54) is 12.1 Å². The molecule has 5 heterocycles. The lowest BCUT2D eigenvalue weighted by atomic mass is 10.2. The summed E-state index contributed by atoms with van der Waals surface area (Å²) >= 11 is 5.82. The van der Waals surface area contributed by atoms with Crippen LogP contribution in [0.3, 0.4) is 0 Å². The number of imidazole rings is 1. The van der Waals surface area contributed by atoms with E-state index in [0.717, 1.165) is 12.0 Å². The van der Waals surface area contributed by atoms with Crippen molar-refractivity contribution in [3.63, 3.8) is 0 Å². The normalized spacial score (nSPS) is 14.5. The monoisotopic (exact) mass is 575 g/mol. The van der Waals surface area contributed by atoms with Crippen LogP contribution in [0.25, 0.3) is 22.4 Å². The molecular formula is C29H23ClFN5O5. The van der Waals surface area contributed by atoms with Crippen LogP contribution in [-0.2, 0) is 24.5 Å². The van der Waals surface area contributed by atoms with E-state index in [0.29, 0.717) is 58.2 Å². The van der Waals surface area contributed by atoms with Gasteiger partial charge in [-0.3, -0.25) is 0 Å². The van der Waals surface area contributed by atoms with Gasteiger partial charge in [-0.25, -0.2) is 29.1 Å². The molecule has 4 aromatic heterocycles. The molecule has 0 spiro atoms. The third-order valence-electron chi connectivity index (χ3n) is 6.56. The Morgan fingerprint density at radius 3 is 2.68 bits per heavy atom. The molecule has 208 valence electrons. The first kappa shape index (κ1) is 26.6. The van der Waals surface area contributed by atoms with E-state index < -0.39 is 11.8 Å². The average molecular weight is 576 g/mol. The SMILES string of the molecule is O=C(O)c1ccc2nc(COc3cc(-c4cccc(OCc5ccc(Cl)cc5F)n4)ccn3)n(C[C@@H]3CCO3)c2n1. The number of halogens is 2. The van der Waals surface area contributed by atoms with Gasteiger partial charge < -0.3 is 23.9 Å². The van der Waals surface area contributed by atoms with Gasteiger partial charge in [-0.15, -0.1) is 0 Å². The van der Waals surface area contributed by atoms with Crippen LogP contribution in [0.4, 0.5) is 4.39 Å². The number of ether oxygens (including phenoxy) is 3. The zero-order chi connectivity index (χ0) is 28.3. The molecule has 0 radical (unpaired) electrons. The summed E-state index contributed by atoms with van der Waals surface area (Å²) in [4.78, 5) is 29.2. The van der Waals surface area contributed by atoms with E-state index in [-0.39, 0.29) is 25.0 Å². The molecule has 5 aromatic rings. The van der Waals surface area contributed by atoms with E-state index in [1.54, 1.807) is 48.7 Å². The number of carboxylic acid groups (broad SMARTS) is 1. The Bertz CT molecular complexity index is 1740. The Morgan fingerprint density at radius 2 is 1.90 bits per heavy atom. The van der Waals surface area contributed by atoms with Crippen molar-refractivity contribution < 1.29 is 28.5 Å². The number of pyridine rings is 3. The van der Waals surface area contributed by atoms with Crippen LogP contribution in [0.15, 0.2) is 66.9 Å². The van der Waals surface area contributed by atoms with Crippen LogP contribution in [0.5, 0.6) is 11.8 Å². The number of carboxylic acids is 1. The first-order valence-corrected chi connectivity index (χ1v) is 13.1. The fourth-order valence-corrected chi connectivity index (χ4v) is 4.49. The topological polar surface area (TPSA) is 121 Å². The number of rotatable bonds is 10. The lowest BCUT2D eigenvalue weighted by molar-refractivity contribution is -0.0593. The summed E-state index contributed by atoms with van der Waals surface area (Å²) in [7, 11) is 0. The summed E-state index contributed by atoms with van der Waals surface area (Å²) < 4.78 is 33.3. The minimum atomic E-state index is -1.11. The smallest absolute Gasteiger partial charge is 0.354 e. The first-order valence-electron chi connectivity index (χ1n) is 12.8. The molecule has 0 unspecified atom stereocenters. The summed E-state index contributed by atoms with van der Waals surface area (Å²) in [5.41, 5.74) is 2.68. The molecule has 1 aliphatic rings. The zero-order valence-electron chi connectivity index (χ0n) is 21.5. The van der Waals surface area contributed by atoms with E-state index >= 15 is 0 Å². The Kier molecular flexibility index (Phi) is 7.45. The number of carbonyl (C=O) groups is 1. The van der Waals surface area contributed by atoms with Crippen molar-refractivity contribution in [1.29, 1.82) is 0 Å². The van der Waals surface area contributed by atoms with Crippen molar-refractivity contribution in [2.45, 2.75) is 32.3 Å². The molecule has 1 saturated heterocycles. The van der Waals surface area contributed by atoms with Crippen LogP contribution in [-0.4, -0.2) is 48.3 Å². The van der Waals surface area contributed by atoms with Gasteiger partial charge in [0.05, 0.1) is 18.3 Å². The molecule has 0 amide bonds. The van der Waals surface area contributed by atoms with Crippen molar-refractivity contribution in [2.75, 3.05) is 6.61 Å². The van der Waals surface area contributed by atoms with E-state index in [1.807, 2.05) is 10.6 Å². The maximum Gasteiger partial charge on any atom is 0.354 e. The van der Waals surface area contributed by atoms with Gasteiger partial charge >= 0.3 is 5.97 Å². The van der Waals surface area contributed by atoms with Crippen molar-refractivity contribution in [3.8, 4) is 23.0 Å². The Morgan fingerprint density at radius 1 is 1.05 bits per heavy atom. The summed E-state index contributed by atoms with van der Waals surface area (Å²) in [5.74, 6) is -0.316. The standard InChI is InChI=1S/C29H23ClFN5O5/c30-19-5-4-18(21(31)13-19)15-40-26-3-1-2-22(34-26)17-8-10-32-27(12-17)41-16-25-33-23-6-7-24(29(37)38)35-28(23)36(25)14-20-9-11-39-20/h1-8,10,12-13,20H,9,11,14-16H2,(H,37,38)/t20-/m0/s1. The number of nitrogens with zero attached hydrogens (tertiary/aromatic N) is 5. The molecule has 41 heavy (non-hydrogen) atoms. The molecule has 1 fully saturated rings. The molecule has 10 nitrogen and oxygen atoms in total. The van der Waals surface area contributed by atoms with Crippen molar-refractivity contribution in [2.24, 2.45) is 0 Å². The Hall–Kier alpha value is -4.61. The number of aromatic nitrogens is 5. The van der Waals surface area contributed by atoms with Crippen LogP contribution < -0.4 is 9.47 Å². The number of benzene rings is 1. The highest BCUT2D eigenvalue weighted by Crippen LogP contribution is 2.25. The molecule has 0 saturated carbocycles. The number of hydrogen-bond donors (Lipinski definition) is 1. The lowest BCUT2D eigenvalue weighted by Crippen LogP contribution is -2.32. The van der Waals surface area contributed by atoms with E-state index in [4.69, 9.17) is 25.8 Å². The first-order chi connectivity index (χ1) is 19.9. The van der Waals surface area contributed by atoms with Gasteiger partial charge in [0, 0.05) is 41.1 Å². The van der Waals surface area contributed by atoms with Crippen molar-refractivity contribution >= 4 is 28.7 Å². The van der Waals surface area contributed by atoms with Gasteiger partial charge in [0.2, 0.25) is 11.8 Å². The Balaban J connectivity index is 1.19. The average Bonchev–Trinajstić information content (AvgIpc) is 3.30. The maximum absolute atomic E-state index is 14.1.